The molecule has 0 bridgehead atoms. The van der Waals surface area contributed by atoms with E-state index in [0.29, 0.717) is 35.2 Å². The number of ether oxygens (including phenoxy) is 2. The minimum absolute atomic E-state index is 0.198. The summed E-state index contributed by atoms with van der Waals surface area (Å²) in [7, 11) is 1.50. The topological polar surface area (TPSA) is 38.8 Å². The van der Waals surface area contributed by atoms with Crippen LogP contribution < -0.4 is 14.4 Å². The third-order valence-electron chi connectivity index (χ3n) is 4.17. The molecule has 0 N–H and O–H groups in total. The number of rotatable bonds is 4. The van der Waals surface area contributed by atoms with Crippen LogP contribution in [-0.4, -0.2) is 26.2 Å². The van der Waals surface area contributed by atoms with E-state index in [-0.39, 0.29) is 11.7 Å². The summed E-state index contributed by atoms with van der Waals surface area (Å²) in [5, 5.41) is 0.320. The normalized spacial score (nSPS) is 13.4. The maximum absolute atomic E-state index is 13.5. The van der Waals surface area contributed by atoms with Crippen LogP contribution in [0.15, 0.2) is 30.3 Å². The van der Waals surface area contributed by atoms with Gasteiger partial charge in [-0.2, -0.15) is 0 Å². The van der Waals surface area contributed by atoms with Crippen molar-refractivity contribution in [1.29, 1.82) is 0 Å². The van der Waals surface area contributed by atoms with E-state index in [1.165, 1.54) is 19.2 Å². The lowest BCUT2D eigenvalue weighted by atomic mass is 10.0. The van der Waals surface area contributed by atoms with Gasteiger partial charge in [-0.15, -0.1) is 0 Å². The largest absolute Gasteiger partial charge is 0.493 e. The second kappa shape index (κ2) is 7.31. The maximum Gasteiger partial charge on any atom is 0.258 e. The minimum atomic E-state index is -0.293. The number of carbonyl (C=O) groups excluding carboxylic acids is 1. The van der Waals surface area contributed by atoms with Crippen molar-refractivity contribution in [3.05, 3.63) is 52.3 Å². The number of fused-ring (bicyclic) bond motifs is 1. The molecule has 0 saturated carbocycles. The third kappa shape index (κ3) is 3.42. The van der Waals surface area contributed by atoms with Gasteiger partial charge < -0.3 is 14.4 Å². The summed E-state index contributed by atoms with van der Waals surface area (Å²) in [5.41, 5.74) is 1.98. The predicted molar refractivity (Wildman–Crippen MR) is 95.6 cm³/mol. The Morgan fingerprint density at radius 3 is 2.84 bits per heavy atom. The van der Waals surface area contributed by atoms with Crippen LogP contribution in [0.25, 0.3) is 0 Å². The average Bonchev–Trinajstić information content (AvgIpc) is 2.61. The monoisotopic (exact) mass is 363 g/mol. The fourth-order valence-electron chi connectivity index (χ4n) is 3.06. The first-order valence-corrected chi connectivity index (χ1v) is 8.53. The molecule has 4 nitrogen and oxygen atoms in total. The van der Waals surface area contributed by atoms with Gasteiger partial charge in [-0.3, -0.25) is 4.79 Å². The summed E-state index contributed by atoms with van der Waals surface area (Å²) in [6, 6.07) is 7.71. The summed E-state index contributed by atoms with van der Waals surface area (Å²) in [6.07, 6.45) is 1.54. The lowest BCUT2D eigenvalue weighted by Crippen LogP contribution is -2.35. The second-order valence-electron chi connectivity index (χ2n) is 5.76. The van der Waals surface area contributed by atoms with Gasteiger partial charge in [0.2, 0.25) is 0 Å². The van der Waals surface area contributed by atoms with E-state index in [0.717, 1.165) is 24.1 Å². The van der Waals surface area contributed by atoms with E-state index in [1.54, 1.807) is 23.1 Å². The fourth-order valence-corrected chi connectivity index (χ4v) is 3.33. The molecule has 1 heterocycles. The molecule has 2 aromatic carbocycles. The van der Waals surface area contributed by atoms with Crippen LogP contribution in [0.1, 0.15) is 29.3 Å². The zero-order valence-corrected chi connectivity index (χ0v) is 14.9. The van der Waals surface area contributed by atoms with Crippen LogP contribution in [-0.2, 0) is 6.42 Å². The van der Waals surface area contributed by atoms with E-state index in [1.807, 2.05) is 6.92 Å². The number of halogens is 2. The highest BCUT2D eigenvalue weighted by molar-refractivity contribution is 6.32. The van der Waals surface area contributed by atoms with E-state index in [4.69, 9.17) is 21.1 Å². The molecule has 0 aliphatic carbocycles. The Bertz CT molecular complexity index is 809. The Labute approximate surface area is 151 Å². The van der Waals surface area contributed by atoms with Crippen molar-refractivity contribution >= 4 is 23.2 Å². The van der Waals surface area contributed by atoms with Gasteiger partial charge in [0.05, 0.1) is 18.7 Å². The number of carbonyl (C=O) groups is 1. The molecule has 25 heavy (non-hydrogen) atoms. The number of methoxy groups -OCH3 is 1. The van der Waals surface area contributed by atoms with Gasteiger partial charge in [0.1, 0.15) is 5.82 Å². The van der Waals surface area contributed by atoms with Crippen LogP contribution in [0, 0.1) is 5.82 Å². The van der Waals surface area contributed by atoms with Gasteiger partial charge >= 0.3 is 0 Å². The molecule has 132 valence electrons. The average molecular weight is 364 g/mol. The van der Waals surface area contributed by atoms with E-state index < -0.39 is 0 Å². The van der Waals surface area contributed by atoms with E-state index in [9.17, 15) is 9.18 Å². The number of hydrogen-bond donors (Lipinski definition) is 0. The Morgan fingerprint density at radius 1 is 1.32 bits per heavy atom. The molecule has 0 atom stereocenters. The number of anilines is 1. The second-order valence-corrected chi connectivity index (χ2v) is 6.16. The molecule has 0 saturated heterocycles. The number of benzene rings is 2. The van der Waals surface area contributed by atoms with Gasteiger partial charge in [-0.25, -0.2) is 4.39 Å². The molecule has 0 fully saturated rings. The van der Waals surface area contributed by atoms with Crippen molar-refractivity contribution in [2.45, 2.75) is 19.8 Å². The molecule has 1 aliphatic rings. The molecule has 1 aliphatic heterocycles. The minimum Gasteiger partial charge on any atom is -0.493 e. The van der Waals surface area contributed by atoms with Crippen LogP contribution in [0.3, 0.4) is 0 Å². The number of amides is 1. The molecule has 0 radical (unpaired) electrons. The highest BCUT2D eigenvalue weighted by atomic mass is 35.5. The molecule has 0 aromatic heterocycles. The SMILES string of the molecule is CCOc1c(Cl)cc(C(=O)N2CCCc3cc(F)ccc32)cc1OC. The predicted octanol–water partition coefficient (Wildman–Crippen LogP) is 4.48. The van der Waals surface area contributed by atoms with Crippen molar-refractivity contribution in [3.63, 3.8) is 0 Å². The van der Waals surface area contributed by atoms with Gasteiger partial charge in [0.15, 0.2) is 11.5 Å². The van der Waals surface area contributed by atoms with Crippen molar-refractivity contribution < 1.29 is 18.7 Å². The first-order chi connectivity index (χ1) is 12.0. The molecular formula is C19H19ClFNO3. The molecule has 1 amide bonds. The lowest BCUT2D eigenvalue weighted by molar-refractivity contribution is 0.0984. The summed E-state index contributed by atoms with van der Waals surface area (Å²) >= 11 is 6.27. The molecule has 0 unspecified atom stereocenters. The highest BCUT2D eigenvalue weighted by Crippen LogP contribution is 2.37. The zero-order chi connectivity index (χ0) is 18.0. The first-order valence-electron chi connectivity index (χ1n) is 8.15. The summed E-state index contributed by atoms with van der Waals surface area (Å²) in [5.74, 6) is 0.341. The quantitative estimate of drug-likeness (QED) is 0.804. The standard InChI is InChI=1S/C19H19ClFNO3/c1-3-25-18-15(20)10-13(11-17(18)24-2)19(23)22-8-4-5-12-9-14(21)6-7-16(12)22/h6-7,9-11H,3-5,8H2,1-2H3. The first kappa shape index (κ1) is 17.5. The molecule has 6 heteroatoms. The Hall–Kier alpha value is -2.27. The summed E-state index contributed by atoms with van der Waals surface area (Å²) in [4.78, 5) is 14.7. The Morgan fingerprint density at radius 2 is 2.12 bits per heavy atom. The Balaban J connectivity index is 1.98. The van der Waals surface area contributed by atoms with Crippen molar-refractivity contribution in [2.75, 3.05) is 25.2 Å². The van der Waals surface area contributed by atoms with Crippen LogP contribution in [0.5, 0.6) is 11.5 Å². The van der Waals surface area contributed by atoms with Crippen LogP contribution in [0.2, 0.25) is 5.02 Å². The third-order valence-corrected chi connectivity index (χ3v) is 4.45. The van der Waals surface area contributed by atoms with Crippen LogP contribution in [0.4, 0.5) is 10.1 Å². The van der Waals surface area contributed by atoms with E-state index >= 15 is 0 Å². The van der Waals surface area contributed by atoms with Gasteiger partial charge in [0.25, 0.3) is 5.91 Å². The van der Waals surface area contributed by atoms with Gasteiger partial charge in [-0.1, -0.05) is 11.6 Å². The number of hydrogen-bond acceptors (Lipinski definition) is 3. The smallest absolute Gasteiger partial charge is 0.258 e. The molecular weight excluding hydrogens is 345 g/mol. The van der Waals surface area contributed by atoms with Crippen LogP contribution >= 0.6 is 11.6 Å². The number of nitrogens with zero attached hydrogens (tertiary/aromatic N) is 1. The van der Waals surface area contributed by atoms with Gasteiger partial charge in [-0.05, 0) is 55.7 Å². The summed E-state index contributed by atoms with van der Waals surface area (Å²) in [6.45, 7) is 2.86. The highest BCUT2D eigenvalue weighted by Gasteiger charge is 2.25. The Kier molecular flexibility index (Phi) is 5.13. The van der Waals surface area contributed by atoms with Gasteiger partial charge in [0, 0.05) is 17.8 Å². The van der Waals surface area contributed by atoms with Crippen molar-refractivity contribution in [3.8, 4) is 11.5 Å². The summed E-state index contributed by atoms with van der Waals surface area (Å²) < 4.78 is 24.3. The fraction of sp³-hybridized carbons (Fsp3) is 0.316. The zero-order valence-electron chi connectivity index (χ0n) is 14.1. The molecule has 2 aromatic rings. The van der Waals surface area contributed by atoms with Crippen molar-refractivity contribution in [2.24, 2.45) is 0 Å². The lowest BCUT2D eigenvalue weighted by Gasteiger charge is -2.29. The molecule has 0 spiro atoms. The maximum atomic E-state index is 13.5. The van der Waals surface area contributed by atoms with Crippen molar-refractivity contribution in [1.82, 2.24) is 0 Å². The number of aryl methyl sites for hydroxylation is 1. The molecule has 3 rings (SSSR count). The van der Waals surface area contributed by atoms with E-state index in [2.05, 4.69) is 0 Å².